The number of para-hydroxylation sites is 5. The second kappa shape index (κ2) is 13.1. The van der Waals surface area contributed by atoms with E-state index < -0.39 is 0 Å². The number of fused-ring (bicyclic) bond motifs is 9. The van der Waals surface area contributed by atoms with Gasteiger partial charge < -0.3 is 18.6 Å². The van der Waals surface area contributed by atoms with Crippen LogP contribution in [0.4, 0.5) is 21.5 Å². The topological polar surface area (TPSA) is 18.0 Å². The Labute approximate surface area is 339 Å². The van der Waals surface area contributed by atoms with E-state index in [1.54, 1.807) is 0 Å². The van der Waals surface area contributed by atoms with Gasteiger partial charge in [0.2, 0.25) is 0 Å². The molecule has 5 heteroatoms. The molecule has 12 rings (SSSR count). The lowest BCUT2D eigenvalue weighted by Gasteiger charge is -2.26. The summed E-state index contributed by atoms with van der Waals surface area (Å²) in [5.74, 6) is -0.266. The zero-order chi connectivity index (χ0) is 39.0. The normalized spacial score (nSPS) is 11.8. The zero-order valence-corrected chi connectivity index (χ0v) is 31.9. The maximum Gasteiger partial charge on any atom is 0.123 e. The molecule has 0 atom stereocenters. The van der Waals surface area contributed by atoms with Gasteiger partial charge in [-0.1, -0.05) is 91.0 Å². The van der Waals surface area contributed by atoms with Crippen LogP contribution in [0.25, 0.3) is 82.5 Å². The Hall–Kier alpha value is -7.89. The highest BCUT2D eigenvalue weighted by Gasteiger charge is 2.20. The Morgan fingerprint density at radius 2 is 0.576 bits per heavy atom. The maximum absolute atomic E-state index is 14.3. The van der Waals surface area contributed by atoms with Gasteiger partial charge in [-0.2, -0.15) is 0 Å². The van der Waals surface area contributed by atoms with E-state index in [9.17, 15) is 4.39 Å². The number of benzene rings is 9. The third-order valence-electron chi connectivity index (χ3n) is 11.9. The summed E-state index contributed by atoms with van der Waals surface area (Å²) in [4.78, 5) is 2.19. The van der Waals surface area contributed by atoms with E-state index in [0.717, 1.165) is 45.2 Å². The monoisotopic (exact) mass is 758 g/mol. The van der Waals surface area contributed by atoms with Crippen molar-refractivity contribution < 1.29 is 4.39 Å². The quantitative estimate of drug-likeness (QED) is 0.165. The molecule has 0 aliphatic rings. The van der Waals surface area contributed by atoms with Crippen LogP contribution < -0.4 is 4.90 Å². The number of halogens is 1. The van der Waals surface area contributed by atoms with Crippen LogP contribution in [0.2, 0.25) is 0 Å². The van der Waals surface area contributed by atoms with Crippen molar-refractivity contribution in [3.63, 3.8) is 0 Å². The lowest BCUT2D eigenvalue weighted by molar-refractivity contribution is 0.628. The minimum atomic E-state index is -0.266. The molecule has 278 valence electrons. The number of hydrogen-bond acceptors (Lipinski definition) is 1. The summed E-state index contributed by atoms with van der Waals surface area (Å²) in [7, 11) is 0. The molecule has 0 radical (unpaired) electrons. The largest absolute Gasteiger partial charge is 0.310 e. The fourth-order valence-electron chi connectivity index (χ4n) is 9.30. The number of aromatic nitrogens is 3. The Morgan fingerprint density at radius 1 is 0.271 bits per heavy atom. The second-order valence-corrected chi connectivity index (χ2v) is 15.1. The van der Waals surface area contributed by atoms with Crippen LogP contribution in [0.15, 0.2) is 212 Å². The van der Waals surface area contributed by atoms with Crippen molar-refractivity contribution in [3.05, 3.63) is 218 Å². The van der Waals surface area contributed by atoms with Crippen molar-refractivity contribution in [2.24, 2.45) is 0 Å². The third kappa shape index (κ3) is 5.15. The predicted octanol–water partition coefficient (Wildman–Crippen LogP) is 14.6. The summed E-state index contributed by atoms with van der Waals surface area (Å²) in [6.45, 7) is 0. The summed E-state index contributed by atoms with van der Waals surface area (Å²) in [6, 6.07) is 73.9. The van der Waals surface area contributed by atoms with Gasteiger partial charge in [-0.25, -0.2) is 4.39 Å². The highest BCUT2D eigenvalue weighted by molar-refractivity contribution is 6.19. The van der Waals surface area contributed by atoms with Crippen LogP contribution in [0.3, 0.4) is 0 Å². The van der Waals surface area contributed by atoms with Crippen LogP contribution in [0, 0.1) is 5.82 Å². The fraction of sp³-hybridized carbons (Fsp3) is 0. The van der Waals surface area contributed by atoms with Gasteiger partial charge in [0, 0.05) is 66.4 Å². The molecule has 0 bridgehead atoms. The van der Waals surface area contributed by atoms with Crippen molar-refractivity contribution in [2.75, 3.05) is 4.90 Å². The standard InChI is InChI=1S/C54H35FN4/c55-36-22-24-38(25-23-36)56(39-26-30-41(31-27-39)57-49-18-8-4-14-43(49)44-15-5-9-19-50(44)57)40-28-32-42(33-29-40)59-52-21-11-7-17-46(52)48-34-53-47(35-54(48)59)45-16-6-10-20-51(45)58(53)37-12-2-1-3-13-37/h1-35H. The van der Waals surface area contributed by atoms with Crippen LogP contribution in [-0.4, -0.2) is 13.7 Å². The van der Waals surface area contributed by atoms with Crippen LogP contribution in [0.1, 0.15) is 0 Å². The van der Waals surface area contributed by atoms with Gasteiger partial charge in [-0.05, 0) is 121 Å². The lowest BCUT2D eigenvalue weighted by Crippen LogP contribution is -2.10. The van der Waals surface area contributed by atoms with Crippen molar-refractivity contribution in [3.8, 4) is 17.1 Å². The first-order valence-electron chi connectivity index (χ1n) is 20.0. The van der Waals surface area contributed by atoms with Crippen molar-refractivity contribution in [1.29, 1.82) is 0 Å². The number of nitrogens with zero attached hydrogens (tertiary/aromatic N) is 4. The van der Waals surface area contributed by atoms with Gasteiger partial charge >= 0.3 is 0 Å². The number of anilines is 3. The fourth-order valence-corrected chi connectivity index (χ4v) is 9.30. The second-order valence-electron chi connectivity index (χ2n) is 15.1. The van der Waals surface area contributed by atoms with E-state index in [2.05, 4.69) is 207 Å². The molecule has 0 aliphatic heterocycles. The molecule has 0 saturated carbocycles. The molecule has 59 heavy (non-hydrogen) atoms. The van der Waals surface area contributed by atoms with Crippen LogP contribution in [0.5, 0.6) is 0 Å². The highest BCUT2D eigenvalue weighted by Crippen LogP contribution is 2.41. The highest BCUT2D eigenvalue weighted by atomic mass is 19.1. The van der Waals surface area contributed by atoms with Gasteiger partial charge in [0.25, 0.3) is 0 Å². The van der Waals surface area contributed by atoms with Gasteiger partial charge in [0.05, 0.1) is 33.1 Å². The van der Waals surface area contributed by atoms with Gasteiger partial charge in [0.1, 0.15) is 5.82 Å². The van der Waals surface area contributed by atoms with E-state index in [-0.39, 0.29) is 5.82 Å². The number of rotatable bonds is 6. The maximum atomic E-state index is 14.3. The van der Waals surface area contributed by atoms with Gasteiger partial charge in [-0.3, -0.25) is 0 Å². The Kier molecular flexibility index (Phi) is 7.38. The van der Waals surface area contributed by atoms with Crippen LogP contribution >= 0.6 is 0 Å². The van der Waals surface area contributed by atoms with Crippen molar-refractivity contribution in [2.45, 2.75) is 0 Å². The molecule has 3 heterocycles. The first kappa shape index (κ1) is 33.3. The predicted molar refractivity (Wildman–Crippen MR) is 244 cm³/mol. The van der Waals surface area contributed by atoms with E-state index in [0.29, 0.717) is 0 Å². The Balaban J connectivity index is 0.997. The van der Waals surface area contributed by atoms with E-state index in [4.69, 9.17) is 0 Å². The molecule has 0 spiro atoms. The van der Waals surface area contributed by atoms with Crippen LogP contribution in [-0.2, 0) is 0 Å². The summed E-state index contributed by atoms with van der Waals surface area (Å²) < 4.78 is 21.4. The number of hydrogen-bond donors (Lipinski definition) is 0. The molecule has 3 aromatic heterocycles. The molecule has 0 aliphatic carbocycles. The van der Waals surface area contributed by atoms with Gasteiger partial charge in [0.15, 0.2) is 0 Å². The van der Waals surface area contributed by atoms with Gasteiger partial charge in [-0.15, -0.1) is 0 Å². The lowest BCUT2D eigenvalue weighted by atomic mass is 10.1. The van der Waals surface area contributed by atoms with Crippen molar-refractivity contribution >= 4 is 82.5 Å². The minimum Gasteiger partial charge on any atom is -0.310 e. The molecule has 0 amide bonds. The molecule has 0 saturated heterocycles. The molecule has 0 fully saturated rings. The third-order valence-corrected chi connectivity index (χ3v) is 11.9. The van der Waals surface area contributed by atoms with E-state index in [1.165, 1.54) is 66.5 Å². The molecular weight excluding hydrogens is 724 g/mol. The zero-order valence-electron chi connectivity index (χ0n) is 31.9. The van der Waals surface area contributed by atoms with Crippen molar-refractivity contribution in [1.82, 2.24) is 13.7 Å². The average molecular weight is 759 g/mol. The summed E-state index contributed by atoms with van der Waals surface area (Å²) in [5, 5.41) is 7.30. The molecule has 0 unspecified atom stereocenters. The molecular formula is C54H35FN4. The summed E-state index contributed by atoms with van der Waals surface area (Å²) >= 11 is 0. The average Bonchev–Trinajstić information content (AvgIpc) is 3.92. The first-order valence-corrected chi connectivity index (χ1v) is 20.0. The Morgan fingerprint density at radius 3 is 0.983 bits per heavy atom. The minimum absolute atomic E-state index is 0.266. The molecule has 12 aromatic rings. The smallest absolute Gasteiger partial charge is 0.123 e. The first-order chi connectivity index (χ1) is 29.2. The van der Waals surface area contributed by atoms with E-state index in [1.807, 2.05) is 12.1 Å². The molecule has 0 N–H and O–H groups in total. The molecule has 9 aromatic carbocycles. The molecule has 4 nitrogen and oxygen atoms in total. The summed E-state index contributed by atoms with van der Waals surface area (Å²) in [6.07, 6.45) is 0. The Bertz CT molecular complexity index is 3490. The van der Waals surface area contributed by atoms with E-state index >= 15 is 0 Å². The summed E-state index contributed by atoms with van der Waals surface area (Å²) in [5.41, 5.74) is 13.1. The SMILES string of the molecule is Fc1ccc(N(c2ccc(-n3c4ccccc4c4ccccc43)cc2)c2ccc(-n3c4ccccc4c4cc5c(cc43)c3ccccc3n5-c3ccccc3)cc2)cc1.